The first kappa shape index (κ1) is 14.1. The molecule has 1 fully saturated rings. The second-order valence-corrected chi connectivity index (χ2v) is 5.81. The molecule has 1 aliphatic heterocycles. The molecule has 2 rings (SSSR count). The Balaban J connectivity index is 2.12. The molecule has 0 spiro atoms. The van der Waals surface area contributed by atoms with Crippen LogP contribution in [0, 0.1) is 19.8 Å². The maximum atomic E-state index is 12.5. The van der Waals surface area contributed by atoms with Crippen LogP contribution in [-0.2, 0) is 0 Å². The fourth-order valence-corrected chi connectivity index (χ4v) is 2.68. The number of nitrogens with zero attached hydrogens (tertiary/aromatic N) is 1. The summed E-state index contributed by atoms with van der Waals surface area (Å²) in [4.78, 5) is 14.5. The zero-order chi connectivity index (χ0) is 14.0. The van der Waals surface area contributed by atoms with E-state index in [1.165, 1.54) is 11.1 Å². The molecule has 0 aliphatic carbocycles. The Morgan fingerprint density at radius 1 is 1.37 bits per heavy atom. The van der Waals surface area contributed by atoms with E-state index < -0.39 is 0 Å². The van der Waals surface area contributed by atoms with Gasteiger partial charge in [-0.15, -0.1) is 0 Å². The number of hydrogen-bond acceptors (Lipinski definition) is 2. The first-order chi connectivity index (χ1) is 8.99. The Morgan fingerprint density at radius 2 is 2.11 bits per heavy atom. The topological polar surface area (TPSA) is 46.3 Å². The van der Waals surface area contributed by atoms with Gasteiger partial charge in [-0.25, -0.2) is 0 Å². The number of rotatable bonds is 2. The fraction of sp³-hybridized carbons (Fsp3) is 0.562. The van der Waals surface area contributed by atoms with Gasteiger partial charge in [0.15, 0.2) is 0 Å². The fourth-order valence-electron chi connectivity index (χ4n) is 2.68. The van der Waals surface area contributed by atoms with Crippen molar-refractivity contribution in [3.63, 3.8) is 0 Å². The molecule has 0 bridgehead atoms. The molecular formula is C16H24N2O. The van der Waals surface area contributed by atoms with Crippen LogP contribution in [0.1, 0.15) is 41.3 Å². The van der Waals surface area contributed by atoms with Gasteiger partial charge in [0, 0.05) is 24.7 Å². The Morgan fingerprint density at radius 3 is 2.74 bits per heavy atom. The zero-order valence-corrected chi connectivity index (χ0v) is 12.1. The van der Waals surface area contributed by atoms with Crippen molar-refractivity contribution in [3.05, 3.63) is 34.9 Å². The van der Waals surface area contributed by atoms with Gasteiger partial charge in [-0.2, -0.15) is 0 Å². The number of amides is 1. The molecule has 104 valence electrons. The second-order valence-electron chi connectivity index (χ2n) is 5.81. The maximum absolute atomic E-state index is 12.5. The number of carbonyl (C=O) groups is 1. The summed E-state index contributed by atoms with van der Waals surface area (Å²) < 4.78 is 0. The molecule has 2 atom stereocenters. The van der Waals surface area contributed by atoms with Crippen LogP contribution in [0.4, 0.5) is 0 Å². The maximum Gasteiger partial charge on any atom is 0.253 e. The SMILES string of the molecule is Cc1ccc(C(=O)N2CCCC(C(C)N)C2)cc1C. The van der Waals surface area contributed by atoms with Crippen molar-refractivity contribution >= 4 is 5.91 Å². The van der Waals surface area contributed by atoms with Crippen LogP contribution < -0.4 is 5.73 Å². The Labute approximate surface area is 115 Å². The molecular weight excluding hydrogens is 236 g/mol. The lowest BCUT2D eigenvalue weighted by atomic mass is 9.91. The van der Waals surface area contributed by atoms with E-state index in [0.717, 1.165) is 31.5 Å². The largest absolute Gasteiger partial charge is 0.338 e. The van der Waals surface area contributed by atoms with Crippen LogP contribution in [-0.4, -0.2) is 29.9 Å². The van der Waals surface area contributed by atoms with Crippen molar-refractivity contribution in [2.24, 2.45) is 11.7 Å². The zero-order valence-electron chi connectivity index (χ0n) is 12.1. The standard InChI is InChI=1S/C16H24N2O/c1-11-6-7-14(9-12(11)2)16(19)18-8-4-5-15(10-18)13(3)17/h6-7,9,13,15H,4-5,8,10,17H2,1-3H3. The number of piperidine rings is 1. The van der Waals surface area contributed by atoms with Crippen molar-refractivity contribution in [1.82, 2.24) is 4.90 Å². The van der Waals surface area contributed by atoms with Gasteiger partial charge in [-0.1, -0.05) is 6.07 Å². The summed E-state index contributed by atoms with van der Waals surface area (Å²) in [5.41, 5.74) is 9.17. The van der Waals surface area contributed by atoms with Crippen molar-refractivity contribution in [2.45, 2.75) is 39.7 Å². The van der Waals surface area contributed by atoms with E-state index in [-0.39, 0.29) is 11.9 Å². The van der Waals surface area contributed by atoms with Gasteiger partial charge >= 0.3 is 0 Å². The predicted octanol–water partition coefficient (Wildman–Crippen LogP) is 2.50. The van der Waals surface area contributed by atoms with Crippen LogP contribution in [0.5, 0.6) is 0 Å². The van der Waals surface area contributed by atoms with Gasteiger partial charge < -0.3 is 10.6 Å². The number of hydrogen-bond donors (Lipinski definition) is 1. The third-order valence-electron chi connectivity index (χ3n) is 4.24. The molecule has 2 N–H and O–H groups in total. The number of aryl methyl sites for hydroxylation is 2. The van der Waals surface area contributed by atoms with Crippen LogP contribution >= 0.6 is 0 Å². The van der Waals surface area contributed by atoms with Crippen molar-refractivity contribution < 1.29 is 4.79 Å². The van der Waals surface area contributed by atoms with Gasteiger partial charge in [-0.3, -0.25) is 4.79 Å². The van der Waals surface area contributed by atoms with Gasteiger partial charge in [-0.05, 0) is 62.8 Å². The minimum atomic E-state index is 0.147. The monoisotopic (exact) mass is 260 g/mol. The molecule has 3 nitrogen and oxygen atoms in total. The summed E-state index contributed by atoms with van der Waals surface area (Å²) in [7, 11) is 0. The van der Waals surface area contributed by atoms with E-state index in [1.807, 2.05) is 36.9 Å². The Kier molecular flexibility index (Phi) is 4.25. The molecule has 2 unspecified atom stereocenters. The van der Waals surface area contributed by atoms with Gasteiger partial charge in [0.25, 0.3) is 5.91 Å². The Bertz CT molecular complexity index is 468. The van der Waals surface area contributed by atoms with E-state index in [2.05, 4.69) is 6.92 Å². The number of benzene rings is 1. The van der Waals surface area contributed by atoms with E-state index in [0.29, 0.717) is 5.92 Å². The summed E-state index contributed by atoms with van der Waals surface area (Å²) in [6.45, 7) is 7.80. The average Bonchev–Trinajstić information content (AvgIpc) is 2.41. The highest BCUT2D eigenvalue weighted by molar-refractivity contribution is 5.94. The third kappa shape index (κ3) is 3.16. The summed E-state index contributed by atoms with van der Waals surface area (Å²) in [6, 6.07) is 6.11. The molecule has 1 aromatic carbocycles. The van der Waals surface area contributed by atoms with Crippen LogP contribution in [0.25, 0.3) is 0 Å². The molecule has 0 aromatic heterocycles. The van der Waals surface area contributed by atoms with Crippen LogP contribution in [0.2, 0.25) is 0 Å². The minimum absolute atomic E-state index is 0.147. The predicted molar refractivity (Wildman–Crippen MR) is 78.2 cm³/mol. The minimum Gasteiger partial charge on any atom is -0.338 e. The van der Waals surface area contributed by atoms with Crippen molar-refractivity contribution in [1.29, 1.82) is 0 Å². The van der Waals surface area contributed by atoms with Crippen molar-refractivity contribution in [3.8, 4) is 0 Å². The molecule has 0 radical (unpaired) electrons. The van der Waals surface area contributed by atoms with Crippen LogP contribution in [0.15, 0.2) is 18.2 Å². The number of carbonyl (C=O) groups excluding carboxylic acids is 1. The summed E-state index contributed by atoms with van der Waals surface area (Å²) in [5.74, 6) is 0.581. The summed E-state index contributed by atoms with van der Waals surface area (Å²) in [6.07, 6.45) is 2.19. The Hall–Kier alpha value is -1.35. The first-order valence-electron chi connectivity index (χ1n) is 7.11. The van der Waals surface area contributed by atoms with Crippen molar-refractivity contribution in [2.75, 3.05) is 13.1 Å². The van der Waals surface area contributed by atoms with E-state index >= 15 is 0 Å². The highest BCUT2D eigenvalue weighted by Gasteiger charge is 2.26. The average molecular weight is 260 g/mol. The molecule has 19 heavy (non-hydrogen) atoms. The quantitative estimate of drug-likeness (QED) is 0.888. The number of likely N-dealkylation sites (tertiary alicyclic amines) is 1. The summed E-state index contributed by atoms with van der Waals surface area (Å²) >= 11 is 0. The van der Waals surface area contributed by atoms with Gasteiger partial charge in [0.2, 0.25) is 0 Å². The molecule has 3 heteroatoms. The lowest BCUT2D eigenvalue weighted by Gasteiger charge is -2.34. The van der Waals surface area contributed by atoms with Gasteiger partial charge in [0.1, 0.15) is 0 Å². The summed E-state index contributed by atoms with van der Waals surface area (Å²) in [5, 5.41) is 0. The smallest absolute Gasteiger partial charge is 0.253 e. The van der Waals surface area contributed by atoms with E-state index in [4.69, 9.17) is 5.73 Å². The lowest BCUT2D eigenvalue weighted by molar-refractivity contribution is 0.0661. The highest BCUT2D eigenvalue weighted by atomic mass is 16.2. The molecule has 1 amide bonds. The number of nitrogens with two attached hydrogens (primary N) is 1. The molecule has 1 heterocycles. The normalized spacial score (nSPS) is 21.3. The molecule has 1 aromatic rings. The first-order valence-corrected chi connectivity index (χ1v) is 7.11. The molecule has 1 saturated heterocycles. The molecule has 1 aliphatic rings. The third-order valence-corrected chi connectivity index (χ3v) is 4.24. The van der Waals surface area contributed by atoms with Crippen LogP contribution in [0.3, 0.4) is 0 Å². The molecule has 0 saturated carbocycles. The van der Waals surface area contributed by atoms with Gasteiger partial charge in [0.05, 0.1) is 0 Å². The van der Waals surface area contributed by atoms with E-state index in [1.54, 1.807) is 0 Å². The van der Waals surface area contributed by atoms with E-state index in [9.17, 15) is 4.79 Å². The highest BCUT2D eigenvalue weighted by Crippen LogP contribution is 2.21. The second kappa shape index (κ2) is 5.74. The lowest BCUT2D eigenvalue weighted by Crippen LogP contribution is -2.45.